The molecule has 118 valence electrons. The number of hydrogen-bond acceptors (Lipinski definition) is 4. The second kappa shape index (κ2) is 6.51. The Kier molecular flexibility index (Phi) is 4.22. The molecular weight excluding hydrogens is 406 g/mol. The third-order valence-corrected chi connectivity index (χ3v) is 5.26. The number of hydrogen-bond donors (Lipinski definition) is 1. The highest BCUT2D eigenvalue weighted by molar-refractivity contribution is 9.10. The van der Waals surface area contributed by atoms with Crippen LogP contribution >= 0.6 is 38.9 Å². The van der Waals surface area contributed by atoms with Gasteiger partial charge in [-0.05, 0) is 35.9 Å². The van der Waals surface area contributed by atoms with E-state index in [4.69, 9.17) is 11.6 Å². The van der Waals surface area contributed by atoms with Crippen molar-refractivity contribution in [3.8, 4) is 11.1 Å². The van der Waals surface area contributed by atoms with E-state index >= 15 is 0 Å². The highest BCUT2D eigenvalue weighted by atomic mass is 79.9. The van der Waals surface area contributed by atoms with Crippen molar-refractivity contribution >= 4 is 60.6 Å². The van der Waals surface area contributed by atoms with Crippen molar-refractivity contribution in [2.24, 2.45) is 0 Å². The van der Waals surface area contributed by atoms with E-state index < -0.39 is 0 Å². The average Bonchev–Trinajstić information content (AvgIpc) is 3.01. The summed E-state index contributed by atoms with van der Waals surface area (Å²) >= 11 is 11.2. The van der Waals surface area contributed by atoms with Gasteiger partial charge in [-0.15, -0.1) is 11.3 Å². The molecular formula is C18H11BrClN3S. The summed E-state index contributed by atoms with van der Waals surface area (Å²) in [5.74, 6) is 0.779. The van der Waals surface area contributed by atoms with Gasteiger partial charge in [-0.2, -0.15) is 0 Å². The maximum Gasteiger partial charge on any atom is 0.143 e. The van der Waals surface area contributed by atoms with Gasteiger partial charge in [-0.1, -0.05) is 45.7 Å². The predicted octanol–water partition coefficient (Wildman–Crippen LogP) is 6.52. The number of halogens is 2. The fourth-order valence-electron chi connectivity index (χ4n) is 2.51. The molecule has 3 nitrogen and oxygen atoms in total. The average molecular weight is 417 g/mol. The monoisotopic (exact) mass is 415 g/mol. The minimum Gasteiger partial charge on any atom is -0.340 e. The van der Waals surface area contributed by atoms with E-state index in [1.807, 2.05) is 36.4 Å². The van der Waals surface area contributed by atoms with E-state index in [0.717, 1.165) is 37.3 Å². The standard InChI is InChI=1S/C18H11BrClN3S/c19-12-6-4-11(5-7-12)15-9-24-18-16(15)17(21-10-22-18)23-14-3-1-2-13(20)8-14/h1-10H,(H,21,22,23). The summed E-state index contributed by atoms with van der Waals surface area (Å²) in [6.45, 7) is 0. The van der Waals surface area contributed by atoms with Crippen LogP contribution in [0.5, 0.6) is 0 Å². The van der Waals surface area contributed by atoms with Crippen LogP contribution in [-0.2, 0) is 0 Å². The summed E-state index contributed by atoms with van der Waals surface area (Å²) in [5.41, 5.74) is 3.15. The summed E-state index contributed by atoms with van der Waals surface area (Å²) < 4.78 is 1.05. The molecule has 0 amide bonds. The van der Waals surface area contributed by atoms with Crippen molar-refractivity contribution in [2.45, 2.75) is 0 Å². The molecule has 0 aliphatic rings. The lowest BCUT2D eigenvalue weighted by Gasteiger charge is -2.09. The maximum atomic E-state index is 6.08. The number of anilines is 2. The van der Waals surface area contributed by atoms with Crippen LogP contribution in [0.3, 0.4) is 0 Å². The van der Waals surface area contributed by atoms with Gasteiger partial charge in [-0.25, -0.2) is 9.97 Å². The number of nitrogens with one attached hydrogen (secondary N) is 1. The molecule has 0 saturated carbocycles. The van der Waals surface area contributed by atoms with E-state index in [2.05, 4.69) is 48.7 Å². The Bertz CT molecular complexity index is 1010. The van der Waals surface area contributed by atoms with E-state index in [9.17, 15) is 0 Å². The van der Waals surface area contributed by atoms with E-state index in [-0.39, 0.29) is 0 Å². The molecule has 0 radical (unpaired) electrons. The fraction of sp³-hybridized carbons (Fsp3) is 0. The topological polar surface area (TPSA) is 37.8 Å². The van der Waals surface area contributed by atoms with Crippen molar-refractivity contribution in [3.63, 3.8) is 0 Å². The van der Waals surface area contributed by atoms with Crippen molar-refractivity contribution in [1.29, 1.82) is 0 Å². The van der Waals surface area contributed by atoms with Gasteiger partial charge in [0.2, 0.25) is 0 Å². The molecule has 2 heterocycles. The van der Waals surface area contributed by atoms with Crippen LogP contribution in [0, 0.1) is 0 Å². The molecule has 2 aromatic carbocycles. The number of rotatable bonds is 3. The van der Waals surface area contributed by atoms with Gasteiger partial charge in [0.15, 0.2) is 0 Å². The molecule has 1 N–H and O–H groups in total. The molecule has 0 fully saturated rings. The second-order valence-corrected chi connectivity index (χ2v) is 7.40. The lowest BCUT2D eigenvalue weighted by atomic mass is 10.1. The number of benzene rings is 2. The molecule has 24 heavy (non-hydrogen) atoms. The SMILES string of the molecule is Clc1cccc(Nc2ncnc3scc(-c4ccc(Br)cc4)c23)c1. The number of thiophene rings is 1. The molecule has 4 rings (SSSR count). The second-order valence-electron chi connectivity index (χ2n) is 5.19. The molecule has 0 unspecified atom stereocenters. The Balaban J connectivity index is 1.84. The summed E-state index contributed by atoms with van der Waals surface area (Å²) in [7, 11) is 0. The van der Waals surface area contributed by atoms with Gasteiger partial charge in [0.25, 0.3) is 0 Å². The summed E-state index contributed by atoms with van der Waals surface area (Å²) in [6.07, 6.45) is 1.58. The van der Waals surface area contributed by atoms with Crippen LogP contribution in [0.15, 0.2) is 64.7 Å². The molecule has 0 saturated heterocycles. The lowest BCUT2D eigenvalue weighted by molar-refractivity contribution is 1.23. The number of aromatic nitrogens is 2. The van der Waals surface area contributed by atoms with Crippen LogP contribution in [0.1, 0.15) is 0 Å². The first-order chi connectivity index (χ1) is 11.7. The quantitative estimate of drug-likeness (QED) is 0.413. The molecule has 2 aromatic heterocycles. The zero-order valence-corrected chi connectivity index (χ0v) is 15.5. The zero-order chi connectivity index (χ0) is 16.5. The summed E-state index contributed by atoms with van der Waals surface area (Å²) in [5, 5.41) is 7.18. The van der Waals surface area contributed by atoms with Crippen molar-refractivity contribution in [1.82, 2.24) is 9.97 Å². The Labute approximate surface area is 156 Å². The van der Waals surface area contributed by atoms with Crippen molar-refractivity contribution in [3.05, 3.63) is 69.7 Å². The van der Waals surface area contributed by atoms with E-state index in [0.29, 0.717) is 5.02 Å². The van der Waals surface area contributed by atoms with E-state index in [1.165, 1.54) is 0 Å². The minimum absolute atomic E-state index is 0.684. The molecule has 0 aliphatic heterocycles. The van der Waals surface area contributed by atoms with Gasteiger partial charge in [0.05, 0.1) is 5.39 Å². The molecule has 0 spiro atoms. The molecule has 0 aliphatic carbocycles. The third-order valence-electron chi connectivity index (χ3n) is 3.61. The lowest BCUT2D eigenvalue weighted by Crippen LogP contribution is -1.95. The fourth-order valence-corrected chi connectivity index (χ4v) is 3.89. The van der Waals surface area contributed by atoms with Crippen LogP contribution < -0.4 is 5.32 Å². The molecule has 4 aromatic rings. The normalized spacial score (nSPS) is 10.9. The number of nitrogens with zero attached hydrogens (tertiary/aromatic N) is 2. The molecule has 0 bridgehead atoms. The summed E-state index contributed by atoms with van der Waals surface area (Å²) in [4.78, 5) is 9.79. The molecule has 0 atom stereocenters. The van der Waals surface area contributed by atoms with Crippen LogP contribution in [0.4, 0.5) is 11.5 Å². The Morgan fingerprint density at radius 1 is 1.04 bits per heavy atom. The highest BCUT2D eigenvalue weighted by Gasteiger charge is 2.13. The Hall–Kier alpha value is -1.95. The van der Waals surface area contributed by atoms with E-state index in [1.54, 1.807) is 17.7 Å². The summed E-state index contributed by atoms with van der Waals surface area (Å²) in [6, 6.07) is 15.8. The van der Waals surface area contributed by atoms with Crippen LogP contribution in [0.2, 0.25) is 5.02 Å². The maximum absolute atomic E-state index is 6.08. The van der Waals surface area contributed by atoms with Crippen LogP contribution in [-0.4, -0.2) is 9.97 Å². The third kappa shape index (κ3) is 3.02. The van der Waals surface area contributed by atoms with Crippen molar-refractivity contribution < 1.29 is 0 Å². The van der Waals surface area contributed by atoms with Gasteiger partial charge in [0.1, 0.15) is 17.0 Å². The first-order valence-electron chi connectivity index (χ1n) is 7.21. The Morgan fingerprint density at radius 2 is 1.88 bits per heavy atom. The Morgan fingerprint density at radius 3 is 2.67 bits per heavy atom. The first kappa shape index (κ1) is 15.6. The largest absolute Gasteiger partial charge is 0.340 e. The van der Waals surface area contributed by atoms with Gasteiger partial charge in [-0.3, -0.25) is 0 Å². The predicted molar refractivity (Wildman–Crippen MR) is 105 cm³/mol. The van der Waals surface area contributed by atoms with Gasteiger partial charge >= 0.3 is 0 Å². The van der Waals surface area contributed by atoms with Gasteiger partial charge < -0.3 is 5.32 Å². The molecule has 6 heteroatoms. The minimum atomic E-state index is 0.684. The van der Waals surface area contributed by atoms with Crippen molar-refractivity contribution in [2.75, 3.05) is 5.32 Å². The first-order valence-corrected chi connectivity index (χ1v) is 9.26. The van der Waals surface area contributed by atoms with Gasteiger partial charge in [0, 0.05) is 26.1 Å². The zero-order valence-electron chi connectivity index (χ0n) is 12.3. The highest BCUT2D eigenvalue weighted by Crippen LogP contribution is 2.37. The smallest absolute Gasteiger partial charge is 0.143 e. The van der Waals surface area contributed by atoms with Crippen LogP contribution in [0.25, 0.3) is 21.3 Å². The number of fused-ring (bicyclic) bond motifs is 1.